The van der Waals surface area contributed by atoms with Gasteiger partial charge in [-0.15, -0.1) is 0 Å². The molecule has 0 aromatic rings. The zero-order chi connectivity index (χ0) is 24.1. The molecule has 0 nitrogen and oxygen atoms in total. The van der Waals surface area contributed by atoms with Crippen molar-refractivity contribution >= 4 is 46.6 Å². The molecule has 0 atom stereocenters. The van der Waals surface area contributed by atoms with E-state index in [-0.39, 0.29) is 52.4 Å². The molecule has 0 saturated heterocycles. The molecule has 0 unspecified atom stereocenters. The van der Waals surface area contributed by atoms with E-state index >= 15 is 0 Å². The average molecular weight is 688 g/mol. The van der Waals surface area contributed by atoms with Gasteiger partial charge < -0.3 is 0 Å². The summed E-state index contributed by atoms with van der Waals surface area (Å²) in [6.45, 7) is 8.64. The monoisotopic (exact) mass is 684 g/mol. The van der Waals surface area contributed by atoms with Gasteiger partial charge in [0.2, 0.25) is 0 Å². The van der Waals surface area contributed by atoms with Gasteiger partial charge in [-0.25, -0.2) is 0 Å². The fraction of sp³-hybridized carbons (Fsp3) is 0.286. The van der Waals surface area contributed by atoms with Crippen LogP contribution < -0.4 is 0 Å². The zero-order valence-electron chi connectivity index (χ0n) is 21.7. The molecule has 0 aromatic carbocycles. The third-order valence-electron chi connectivity index (χ3n) is 3.99. The number of rotatable bonds is 4. The van der Waals surface area contributed by atoms with Gasteiger partial charge in [0.05, 0.1) is 0 Å². The molecule has 0 amide bonds. The fourth-order valence-electron chi connectivity index (χ4n) is 1.86. The van der Waals surface area contributed by atoms with Crippen molar-refractivity contribution in [2.45, 2.75) is 48.8 Å². The molecule has 34 heavy (non-hydrogen) atoms. The Kier molecular flexibility index (Phi) is 53.4. The van der Waals surface area contributed by atoms with Crippen LogP contribution in [0.2, 0.25) is 21.1 Å². The summed E-state index contributed by atoms with van der Waals surface area (Å²) in [6, 6.07) is 0. The van der Waals surface area contributed by atoms with E-state index in [1.807, 2.05) is 128 Å². The van der Waals surface area contributed by atoms with Gasteiger partial charge in [-0.2, -0.15) is 0 Å². The Balaban J connectivity index is -0.000000157. The second-order valence-corrected chi connectivity index (χ2v) is 16.0. The van der Waals surface area contributed by atoms with Crippen molar-refractivity contribution in [3.63, 3.8) is 0 Å². The van der Waals surface area contributed by atoms with E-state index in [9.17, 15) is 0 Å². The second-order valence-electron chi connectivity index (χ2n) is 6.68. The van der Waals surface area contributed by atoms with E-state index in [4.69, 9.17) is 20.1 Å². The van der Waals surface area contributed by atoms with Gasteiger partial charge in [-0.1, -0.05) is 48.8 Å². The first-order valence-electron chi connectivity index (χ1n) is 11.6. The standard InChI is InChI=1S/4C5H5.4C2H5.2Al.2ClH.2Zr.4H/c4*1-2-4-5-3-1;4*1-2;;;;;;;;;;/h4*1-5H;4*1H2,2H3;;;2*1H;;;;;;/q;;;;;;;;2*+1;;;;;;;;/p-2. The van der Waals surface area contributed by atoms with Crippen molar-refractivity contribution in [2.75, 3.05) is 0 Å². The molecule has 4 aliphatic rings. The molecule has 4 aliphatic carbocycles. The van der Waals surface area contributed by atoms with Crippen LogP contribution >= 0.6 is 20.1 Å². The van der Waals surface area contributed by atoms with Crippen LogP contribution in [-0.2, 0) is 52.4 Å². The summed E-state index contributed by atoms with van der Waals surface area (Å²) < 4.78 is 0. The van der Waals surface area contributed by atoms with Crippen LogP contribution in [-0.4, -0.2) is 26.5 Å². The molecule has 0 aromatic heterocycles. The zero-order valence-corrected chi connectivity index (χ0v) is 32.5. The molecule has 4 fully saturated rings. The second kappa shape index (κ2) is 40.9. The van der Waals surface area contributed by atoms with E-state index in [1.165, 1.54) is 21.1 Å². The Morgan fingerprint density at radius 3 is 0.441 bits per heavy atom. The Morgan fingerprint density at radius 1 is 0.324 bits per heavy atom. The summed E-state index contributed by atoms with van der Waals surface area (Å²) in [5, 5.41) is 4.94. The predicted octanol–water partition coefficient (Wildman–Crippen LogP) is 7.52. The normalized spacial score (nSPS) is 17.1. The molecular weight excluding hydrogens is 644 g/mol. The van der Waals surface area contributed by atoms with E-state index < -0.39 is 26.5 Å². The van der Waals surface area contributed by atoms with Crippen LogP contribution in [0.3, 0.4) is 0 Å². The first kappa shape index (κ1) is 44.4. The Hall–Kier alpha value is 3.41. The van der Waals surface area contributed by atoms with Gasteiger partial charge in [0.1, 0.15) is 0 Å². The van der Waals surface area contributed by atoms with Gasteiger partial charge in [0, 0.05) is 0 Å². The van der Waals surface area contributed by atoms with E-state index in [0.717, 1.165) is 0 Å². The van der Waals surface area contributed by atoms with Crippen molar-refractivity contribution in [3.8, 4) is 0 Å². The quantitative estimate of drug-likeness (QED) is 0.269. The number of hydrogen-bond donors (Lipinski definition) is 0. The minimum absolute atomic E-state index is 0. The molecule has 0 aliphatic heterocycles. The summed E-state index contributed by atoms with van der Waals surface area (Å²) in [6.07, 6.45) is 40.0. The van der Waals surface area contributed by atoms with Gasteiger partial charge >= 0.3 is 78.9 Å². The minimum atomic E-state index is -0.688. The SMILES string of the molecule is C[CH2][Al]([Cl])[CH2]C.C[CH2][Al]([Cl])[CH2]C.[CH]1[CH][CH][CH][CH]1.[CH]1[CH][CH][CH][CH]1.[CH]1[CH][CH][CH][CH]1.[CH]1[CH][CH][CH][CH]1.[ZrH2].[ZrH2]. The predicted molar refractivity (Wildman–Crippen MR) is 157 cm³/mol. The van der Waals surface area contributed by atoms with Crippen LogP contribution in [0.4, 0.5) is 0 Å². The van der Waals surface area contributed by atoms with E-state index in [2.05, 4.69) is 27.7 Å². The van der Waals surface area contributed by atoms with Gasteiger partial charge in [-0.3, -0.25) is 20.1 Å². The van der Waals surface area contributed by atoms with Crippen LogP contribution in [0.5, 0.6) is 0 Å². The number of hydrogen-bond acceptors (Lipinski definition) is 0. The molecule has 4 rings (SSSR count). The van der Waals surface area contributed by atoms with Crippen molar-refractivity contribution in [2.24, 2.45) is 0 Å². The summed E-state index contributed by atoms with van der Waals surface area (Å²) in [5.74, 6) is 0. The molecule has 0 N–H and O–H groups in total. The molecule has 184 valence electrons. The molecule has 6 heteroatoms. The first-order chi connectivity index (χ1) is 15.6. The number of halogens is 2. The fourth-order valence-corrected chi connectivity index (χ4v) is 3.02. The van der Waals surface area contributed by atoms with Crippen molar-refractivity contribution in [3.05, 3.63) is 128 Å². The van der Waals surface area contributed by atoms with Gasteiger partial charge in [0.25, 0.3) is 0 Å². The Bertz CT molecular complexity index is 222. The molecule has 0 heterocycles. The van der Waals surface area contributed by atoms with Crippen molar-refractivity contribution in [1.29, 1.82) is 0 Å². The molecule has 0 spiro atoms. The summed E-state index contributed by atoms with van der Waals surface area (Å²) in [7, 11) is 11.6. The third-order valence-corrected chi connectivity index (χ3v) is 11.2. The molecule has 20 radical (unpaired) electrons. The third kappa shape index (κ3) is 42.5. The maximum absolute atomic E-state index is 5.79. The summed E-state index contributed by atoms with van der Waals surface area (Å²) in [4.78, 5) is 0. The summed E-state index contributed by atoms with van der Waals surface area (Å²) >= 11 is -1.38. The van der Waals surface area contributed by atoms with E-state index in [0.29, 0.717) is 0 Å². The van der Waals surface area contributed by atoms with Crippen LogP contribution in [0.1, 0.15) is 27.7 Å². The van der Waals surface area contributed by atoms with Crippen LogP contribution in [0.25, 0.3) is 0 Å². The van der Waals surface area contributed by atoms with E-state index in [1.54, 1.807) is 0 Å². The van der Waals surface area contributed by atoms with Gasteiger partial charge in [-0.05, 0) is 128 Å². The molecule has 0 bridgehead atoms. The molecule has 4 saturated carbocycles. The summed E-state index contributed by atoms with van der Waals surface area (Å²) in [5.41, 5.74) is 0. The Morgan fingerprint density at radius 2 is 0.412 bits per heavy atom. The molecular formula is C28H44Al2Cl2Zr2. The van der Waals surface area contributed by atoms with Gasteiger partial charge in [0.15, 0.2) is 0 Å². The topological polar surface area (TPSA) is 0 Å². The van der Waals surface area contributed by atoms with Crippen molar-refractivity contribution < 1.29 is 52.4 Å². The van der Waals surface area contributed by atoms with Crippen LogP contribution in [0, 0.1) is 128 Å². The Labute approximate surface area is 273 Å². The maximum atomic E-state index is 5.79. The first-order valence-corrected chi connectivity index (χ1v) is 18.3. The van der Waals surface area contributed by atoms with Crippen molar-refractivity contribution in [1.82, 2.24) is 0 Å². The van der Waals surface area contributed by atoms with Crippen LogP contribution in [0.15, 0.2) is 0 Å². The average Bonchev–Trinajstić information content (AvgIpc) is 3.70.